The number of aromatic amines is 2. The molecule has 0 aliphatic heterocycles. The van der Waals surface area contributed by atoms with Gasteiger partial charge in [0, 0.05) is 0 Å². The van der Waals surface area contributed by atoms with Crippen LogP contribution in [0.15, 0.2) is 35.4 Å². The van der Waals surface area contributed by atoms with Crippen molar-refractivity contribution in [1.29, 1.82) is 0 Å². The number of carbonyl (C=O) groups is 1. The Bertz CT molecular complexity index is 867. The second-order valence-corrected chi connectivity index (χ2v) is 4.18. The Morgan fingerprint density at radius 2 is 2.05 bits per heavy atom. The molecular formula is C13H11N5O3. The molecular weight excluding hydrogens is 274 g/mol. The van der Waals surface area contributed by atoms with Crippen molar-refractivity contribution in [2.24, 2.45) is 0 Å². The van der Waals surface area contributed by atoms with Gasteiger partial charge in [0.05, 0.1) is 12.8 Å². The number of rotatable bonds is 3. The monoisotopic (exact) mass is 285 g/mol. The largest absolute Gasteiger partial charge is 0.495 e. The number of imidazole rings is 1. The molecule has 2 aromatic heterocycles. The summed E-state index contributed by atoms with van der Waals surface area (Å²) in [5.74, 6) is 0.0564. The first-order chi connectivity index (χ1) is 10.2. The molecule has 8 heteroatoms. The van der Waals surface area contributed by atoms with Gasteiger partial charge in [-0.1, -0.05) is 12.1 Å². The first kappa shape index (κ1) is 12.9. The lowest BCUT2D eigenvalue weighted by molar-refractivity contribution is 0.102. The smallest absolute Gasteiger partial charge is 0.325 e. The van der Waals surface area contributed by atoms with E-state index in [1.54, 1.807) is 24.3 Å². The molecule has 0 saturated carbocycles. The third-order valence-electron chi connectivity index (χ3n) is 2.89. The van der Waals surface area contributed by atoms with Crippen LogP contribution in [-0.2, 0) is 0 Å². The fourth-order valence-corrected chi connectivity index (χ4v) is 1.95. The number of amides is 1. The summed E-state index contributed by atoms with van der Waals surface area (Å²) in [6, 6.07) is 6.99. The van der Waals surface area contributed by atoms with Gasteiger partial charge in [0.25, 0.3) is 5.91 Å². The van der Waals surface area contributed by atoms with Crippen LogP contribution in [0.4, 0.5) is 5.69 Å². The fourth-order valence-electron chi connectivity index (χ4n) is 1.95. The molecule has 0 fully saturated rings. The van der Waals surface area contributed by atoms with Crippen LogP contribution in [0, 0.1) is 0 Å². The summed E-state index contributed by atoms with van der Waals surface area (Å²) in [6.45, 7) is 0. The van der Waals surface area contributed by atoms with Crippen LogP contribution >= 0.6 is 0 Å². The van der Waals surface area contributed by atoms with Crippen LogP contribution in [0.2, 0.25) is 0 Å². The van der Waals surface area contributed by atoms with E-state index in [2.05, 4.69) is 25.3 Å². The van der Waals surface area contributed by atoms with E-state index in [-0.39, 0.29) is 16.9 Å². The van der Waals surface area contributed by atoms with Crippen molar-refractivity contribution in [3.8, 4) is 5.75 Å². The quantitative estimate of drug-likeness (QED) is 0.662. The Kier molecular flexibility index (Phi) is 3.11. The second-order valence-electron chi connectivity index (χ2n) is 4.18. The highest BCUT2D eigenvalue weighted by atomic mass is 16.5. The van der Waals surface area contributed by atoms with Gasteiger partial charge in [-0.2, -0.15) is 0 Å². The number of methoxy groups -OCH3 is 1. The summed E-state index contributed by atoms with van der Waals surface area (Å²) in [6.07, 6.45) is 1.21. The lowest BCUT2D eigenvalue weighted by atomic mass is 10.2. The molecule has 0 spiro atoms. The summed E-state index contributed by atoms with van der Waals surface area (Å²) in [4.78, 5) is 36.4. The number of anilines is 1. The highest BCUT2D eigenvalue weighted by molar-refractivity contribution is 6.09. The summed E-state index contributed by atoms with van der Waals surface area (Å²) in [5.41, 5.74) is 0.672. The second kappa shape index (κ2) is 5.08. The van der Waals surface area contributed by atoms with E-state index in [0.717, 1.165) is 0 Å². The Morgan fingerprint density at radius 3 is 2.86 bits per heavy atom. The van der Waals surface area contributed by atoms with Crippen LogP contribution in [0.1, 0.15) is 10.5 Å². The zero-order chi connectivity index (χ0) is 14.8. The molecule has 21 heavy (non-hydrogen) atoms. The van der Waals surface area contributed by atoms with Gasteiger partial charge in [0.15, 0.2) is 11.3 Å². The molecule has 0 atom stereocenters. The Balaban J connectivity index is 1.99. The van der Waals surface area contributed by atoms with Gasteiger partial charge < -0.3 is 15.0 Å². The van der Waals surface area contributed by atoms with Crippen LogP contribution < -0.4 is 15.7 Å². The highest BCUT2D eigenvalue weighted by Gasteiger charge is 2.16. The molecule has 0 unspecified atom stereocenters. The van der Waals surface area contributed by atoms with Gasteiger partial charge in [0.1, 0.15) is 17.6 Å². The molecule has 2 heterocycles. The average molecular weight is 285 g/mol. The lowest BCUT2D eigenvalue weighted by Gasteiger charge is -2.09. The number of fused-ring (bicyclic) bond motifs is 1. The number of nitrogens with one attached hydrogen (secondary N) is 3. The van der Waals surface area contributed by atoms with E-state index >= 15 is 0 Å². The minimum Gasteiger partial charge on any atom is -0.495 e. The SMILES string of the molecule is COc1ccccc1NC(=O)c1ncnc2[nH]c(=O)[nH]c12. The number of ether oxygens (including phenoxy) is 1. The molecule has 1 amide bonds. The Labute approximate surface area is 118 Å². The van der Waals surface area contributed by atoms with Crippen molar-refractivity contribution in [3.63, 3.8) is 0 Å². The number of aromatic nitrogens is 4. The van der Waals surface area contributed by atoms with Crippen LogP contribution in [0.3, 0.4) is 0 Å². The third-order valence-corrected chi connectivity index (χ3v) is 2.89. The van der Waals surface area contributed by atoms with E-state index in [1.807, 2.05) is 0 Å². The lowest BCUT2D eigenvalue weighted by Crippen LogP contribution is -2.15. The van der Waals surface area contributed by atoms with Gasteiger partial charge in [-0.25, -0.2) is 14.8 Å². The standard InChI is InChI=1S/C13H11N5O3/c1-21-8-5-3-2-4-7(8)16-12(19)10-9-11(15-6-14-10)18-13(20)17-9/h2-6H,1H3,(H,16,19)(H2,14,15,17,18,20). The molecule has 3 N–H and O–H groups in total. The van der Waals surface area contributed by atoms with Gasteiger partial charge in [-0.3, -0.25) is 9.78 Å². The number of benzene rings is 1. The number of hydrogen-bond acceptors (Lipinski definition) is 5. The fraction of sp³-hybridized carbons (Fsp3) is 0.0769. The van der Waals surface area contributed by atoms with Crippen molar-refractivity contribution in [2.75, 3.05) is 12.4 Å². The first-order valence-corrected chi connectivity index (χ1v) is 6.06. The number of carbonyl (C=O) groups excluding carboxylic acids is 1. The van der Waals surface area contributed by atoms with Gasteiger partial charge >= 0.3 is 5.69 Å². The molecule has 0 aliphatic rings. The Hall–Kier alpha value is -3.16. The summed E-state index contributed by atoms with van der Waals surface area (Å²) < 4.78 is 5.16. The van der Waals surface area contributed by atoms with Crippen molar-refractivity contribution in [1.82, 2.24) is 19.9 Å². The maximum atomic E-state index is 12.3. The van der Waals surface area contributed by atoms with E-state index in [1.165, 1.54) is 13.4 Å². The van der Waals surface area contributed by atoms with E-state index in [0.29, 0.717) is 11.4 Å². The summed E-state index contributed by atoms with van der Waals surface area (Å²) >= 11 is 0. The number of nitrogens with zero attached hydrogens (tertiary/aromatic N) is 2. The zero-order valence-corrected chi connectivity index (χ0v) is 11.0. The molecule has 0 radical (unpaired) electrons. The van der Waals surface area contributed by atoms with Crippen LogP contribution in [-0.4, -0.2) is 33.0 Å². The van der Waals surface area contributed by atoms with Crippen molar-refractivity contribution in [2.45, 2.75) is 0 Å². The first-order valence-electron chi connectivity index (χ1n) is 6.06. The summed E-state index contributed by atoms with van der Waals surface area (Å²) in [5, 5.41) is 2.69. The minimum atomic E-state index is -0.470. The van der Waals surface area contributed by atoms with Gasteiger partial charge in [0.2, 0.25) is 0 Å². The number of H-pyrrole nitrogens is 2. The van der Waals surface area contributed by atoms with E-state index in [9.17, 15) is 9.59 Å². The highest BCUT2D eigenvalue weighted by Crippen LogP contribution is 2.23. The van der Waals surface area contributed by atoms with E-state index < -0.39 is 11.6 Å². The average Bonchev–Trinajstić information content (AvgIpc) is 2.87. The topological polar surface area (TPSA) is 113 Å². The molecule has 0 bridgehead atoms. The molecule has 0 saturated heterocycles. The van der Waals surface area contributed by atoms with E-state index in [4.69, 9.17) is 4.74 Å². The number of para-hydroxylation sites is 2. The zero-order valence-electron chi connectivity index (χ0n) is 11.0. The van der Waals surface area contributed by atoms with Crippen molar-refractivity contribution < 1.29 is 9.53 Å². The van der Waals surface area contributed by atoms with Crippen LogP contribution in [0.5, 0.6) is 5.75 Å². The maximum absolute atomic E-state index is 12.3. The summed E-state index contributed by atoms with van der Waals surface area (Å²) in [7, 11) is 1.51. The van der Waals surface area contributed by atoms with Gasteiger partial charge in [-0.05, 0) is 12.1 Å². The molecule has 106 valence electrons. The van der Waals surface area contributed by atoms with Crippen LogP contribution in [0.25, 0.3) is 11.2 Å². The molecule has 8 nitrogen and oxygen atoms in total. The molecule has 3 rings (SSSR count). The molecule has 0 aliphatic carbocycles. The third kappa shape index (κ3) is 2.34. The predicted octanol–water partition coefficient (Wildman–Crippen LogP) is 0.907. The number of hydrogen-bond donors (Lipinski definition) is 3. The van der Waals surface area contributed by atoms with Crippen molar-refractivity contribution >= 4 is 22.8 Å². The Morgan fingerprint density at radius 1 is 1.24 bits per heavy atom. The molecule has 1 aromatic carbocycles. The molecule has 3 aromatic rings. The van der Waals surface area contributed by atoms with Crippen molar-refractivity contribution in [3.05, 3.63) is 46.8 Å². The minimum absolute atomic E-state index is 0.0734. The van der Waals surface area contributed by atoms with Gasteiger partial charge in [-0.15, -0.1) is 0 Å². The maximum Gasteiger partial charge on any atom is 0.325 e. The predicted molar refractivity (Wildman–Crippen MR) is 75.5 cm³/mol. The normalized spacial score (nSPS) is 10.5.